The summed E-state index contributed by atoms with van der Waals surface area (Å²) in [5.41, 5.74) is -0.485. The van der Waals surface area contributed by atoms with Gasteiger partial charge < -0.3 is 15.2 Å². The van der Waals surface area contributed by atoms with E-state index in [-0.39, 0.29) is 0 Å². The number of aliphatic hydroxyl groups excluding tert-OH is 1. The molecule has 0 saturated heterocycles. The average molecular weight is 201 g/mol. The van der Waals surface area contributed by atoms with Crippen LogP contribution in [0.25, 0.3) is 0 Å². The van der Waals surface area contributed by atoms with Gasteiger partial charge in [-0.2, -0.15) is 0 Å². The Morgan fingerprint density at radius 2 is 2.21 bits per heavy atom. The van der Waals surface area contributed by atoms with Gasteiger partial charge in [0, 0.05) is 6.54 Å². The molecular weight excluding hydrogens is 182 g/mol. The number of hydrogen-bond donors (Lipinski definition) is 2. The molecule has 82 valence electrons. The third kappa shape index (κ3) is 7.61. The lowest BCUT2D eigenvalue weighted by Gasteiger charge is -2.19. The van der Waals surface area contributed by atoms with Crippen molar-refractivity contribution in [1.82, 2.24) is 5.32 Å². The molecule has 4 heteroatoms. The van der Waals surface area contributed by atoms with Crippen LogP contribution in [0.5, 0.6) is 0 Å². The highest BCUT2D eigenvalue weighted by Crippen LogP contribution is 2.06. The predicted octanol–water partition coefficient (Wildman–Crippen LogP) is 1.45. The van der Waals surface area contributed by atoms with E-state index in [9.17, 15) is 4.79 Å². The molecule has 0 unspecified atom stereocenters. The second kappa shape index (κ2) is 5.65. The van der Waals surface area contributed by atoms with E-state index in [4.69, 9.17) is 9.84 Å². The lowest BCUT2D eigenvalue weighted by Crippen LogP contribution is -2.33. The smallest absolute Gasteiger partial charge is 0.407 e. The Morgan fingerprint density at radius 3 is 2.64 bits per heavy atom. The van der Waals surface area contributed by atoms with Gasteiger partial charge in [0.1, 0.15) is 5.60 Å². The fourth-order valence-electron chi connectivity index (χ4n) is 0.754. The van der Waals surface area contributed by atoms with Crippen molar-refractivity contribution in [3.63, 3.8) is 0 Å². The van der Waals surface area contributed by atoms with Crippen molar-refractivity contribution in [2.75, 3.05) is 6.54 Å². The minimum absolute atomic E-state index is 0.377. The molecule has 0 radical (unpaired) electrons. The first-order valence-corrected chi connectivity index (χ1v) is 4.62. The summed E-state index contributed by atoms with van der Waals surface area (Å²) in [6, 6.07) is 0. The number of alkyl carbamates (subject to hydrolysis) is 1. The molecule has 1 atom stereocenters. The molecule has 0 aliphatic rings. The van der Waals surface area contributed by atoms with Crippen molar-refractivity contribution in [2.24, 2.45) is 0 Å². The second-order valence-electron chi connectivity index (χ2n) is 4.02. The normalized spacial score (nSPS) is 13.1. The van der Waals surface area contributed by atoms with Gasteiger partial charge in [-0.1, -0.05) is 6.08 Å². The highest BCUT2D eigenvalue weighted by Gasteiger charge is 2.15. The van der Waals surface area contributed by atoms with Crippen LogP contribution in [0.4, 0.5) is 4.79 Å². The SMILES string of the molecule is C=C[C@@H](O)CCNC(=O)OC(C)(C)C. The lowest BCUT2D eigenvalue weighted by atomic mass is 10.2. The zero-order chi connectivity index (χ0) is 11.2. The quantitative estimate of drug-likeness (QED) is 0.677. The van der Waals surface area contributed by atoms with Gasteiger partial charge >= 0.3 is 6.09 Å². The number of hydrogen-bond acceptors (Lipinski definition) is 3. The van der Waals surface area contributed by atoms with E-state index < -0.39 is 17.8 Å². The van der Waals surface area contributed by atoms with Crippen molar-refractivity contribution in [3.05, 3.63) is 12.7 Å². The number of rotatable bonds is 4. The Hall–Kier alpha value is -1.03. The Bertz CT molecular complexity index is 196. The van der Waals surface area contributed by atoms with Crippen molar-refractivity contribution in [3.8, 4) is 0 Å². The van der Waals surface area contributed by atoms with Crippen molar-refractivity contribution in [2.45, 2.75) is 38.9 Å². The van der Waals surface area contributed by atoms with E-state index in [0.717, 1.165) is 0 Å². The molecule has 0 aliphatic carbocycles. The molecule has 0 fully saturated rings. The minimum Gasteiger partial charge on any atom is -0.444 e. The zero-order valence-corrected chi connectivity index (χ0v) is 9.04. The van der Waals surface area contributed by atoms with Crippen LogP contribution >= 0.6 is 0 Å². The van der Waals surface area contributed by atoms with E-state index in [1.165, 1.54) is 6.08 Å². The van der Waals surface area contributed by atoms with E-state index >= 15 is 0 Å². The van der Waals surface area contributed by atoms with Crippen LogP contribution in [0.3, 0.4) is 0 Å². The second-order valence-corrected chi connectivity index (χ2v) is 4.02. The Kier molecular flexibility index (Phi) is 5.23. The first kappa shape index (κ1) is 13.0. The van der Waals surface area contributed by atoms with Crippen LogP contribution < -0.4 is 5.32 Å². The first-order valence-electron chi connectivity index (χ1n) is 4.62. The molecule has 0 aromatic rings. The third-order valence-electron chi connectivity index (χ3n) is 1.38. The van der Waals surface area contributed by atoms with Gasteiger partial charge in [0.05, 0.1) is 6.10 Å². The predicted molar refractivity (Wildman–Crippen MR) is 55.1 cm³/mol. The van der Waals surface area contributed by atoms with Gasteiger partial charge in [-0.25, -0.2) is 4.79 Å². The van der Waals surface area contributed by atoms with Crippen LogP contribution in [0, 0.1) is 0 Å². The molecule has 2 N–H and O–H groups in total. The Morgan fingerprint density at radius 1 is 1.64 bits per heavy atom. The number of carbonyl (C=O) groups is 1. The summed E-state index contributed by atoms with van der Waals surface area (Å²) in [4.78, 5) is 11.1. The highest BCUT2D eigenvalue weighted by molar-refractivity contribution is 5.67. The molecular formula is C10H19NO3. The molecule has 0 bridgehead atoms. The van der Waals surface area contributed by atoms with E-state index in [1.807, 2.05) is 0 Å². The molecule has 0 spiro atoms. The maximum absolute atomic E-state index is 11.1. The van der Waals surface area contributed by atoms with E-state index in [1.54, 1.807) is 20.8 Å². The minimum atomic E-state index is -0.579. The molecule has 4 nitrogen and oxygen atoms in total. The molecule has 0 saturated carbocycles. The van der Waals surface area contributed by atoms with Gasteiger partial charge in [-0.3, -0.25) is 0 Å². The standard InChI is InChI=1S/C10H19NO3/c1-5-8(12)6-7-11-9(13)14-10(2,3)4/h5,8,12H,1,6-7H2,2-4H3,(H,11,13)/t8-/m1/s1. The molecule has 0 aromatic heterocycles. The number of ether oxygens (including phenoxy) is 1. The molecule has 1 amide bonds. The topological polar surface area (TPSA) is 58.6 Å². The summed E-state index contributed by atoms with van der Waals surface area (Å²) in [5.74, 6) is 0. The highest BCUT2D eigenvalue weighted by atomic mass is 16.6. The lowest BCUT2D eigenvalue weighted by molar-refractivity contribution is 0.0522. The van der Waals surface area contributed by atoms with E-state index in [0.29, 0.717) is 13.0 Å². The zero-order valence-electron chi connectivity index (χ0n) is 9.04. The van der Waals surface area contributed by atoms with Crippen LogP contribution in [0.15, 0.2) is 12.7 Å². The fraction of sp³-hybridized carbons (Fsp3) is 0.700. The molecule has 14 heavy (non-hydrogen) atoms. The molecule has 0 aliphatic heterocycles. The number of nitrogens with one attached hydrogen (secondary N) is 1. The summed E-state index contributed by atoms with van der Waals surface area (Å²) >= 11 is 0. The van der Waals surface area contributed by atoms with Crippen LogP contribution in [0.1, 0.15) is 27.2 Å². The average Bonchev–Trinajstić information content (AvgIpc) is 2.00. The third-order valence-corrected chi connectivity index (χ3v) is 1.38. The van der Waals surface area contributed by atoms with Gasteiger partial charge in [0.2, 0.25) is 0 Å². The van der Waals surface area contributed by atoms with Crippen LogP contribution in [-0.2, 0) is 4.74 Å². The Labute approximate surface area is 85.0 Å². The number of carbonyl (C=O) groups excluding carboxylic acids is 1. The van der Waals surface area contributed by atoms with Crippen molar-refractivity contribution >= 4 is 6.09 Å². The van der Waals surface area contributed by atoms with Crippen LogP contribution in [0.2, 0.25) is 0 Å². The summed E-state index contributed by atoms with van der Waals surface area (Å²) in [7, 11) is 0. The summed E-state index contributed by atoms with van der Waals surface area (Å²) in [6.07, 6.45) is 0.832. The summed E-state index contributed by atoms with van der Waals surface area (Å²) in [5, 5.41) is 11.6. The van der Waals surface area contributed by atoms with E-state index in [2.05, 4.69) is 11.9 Å². The maximum atomic E-state index is 11.1. The van der Waals surface area contributed by atoms with Gasteiger partial charge in [0.15, 0.2) is 0 Å². The van der Waals surface area contributed by atoms with Gasteiger partial charge in [-0.05, 0) is 27.2 Å². The monoisotopic (exact) mass is 201 g/mol. The summed E-state index contributed by atoms with van der Waals surface area (Å²) in [6.45, 7) is 9.19. The maximum Gasteiger partial charge on any atom is 0.407 e. The molecule has 0 aromatic carbocycles. The largest absolute Gasteiger partial charge is 0.444 e. The summed E-state index contributed by atoms with van der Waals surface area (Å²) < 4.78 is 5.00. The van der Waals surface area contributed by atoms with Gasteiger partial charge in [-0.15, -0.1) is 6.58 Å². The molecule has 0 heterocycles. The van der Waals surface area contributed by atoms with Crippen molar-refractivity contribution < 1.29 is 14.6 Å². The number of aliphatic hydroxyl groups is 1. The first-order chi connectivity index (χ1) is 6.35. The van der Waals surface area contributed by atoms with Crippen molar-refractivity contribution in [1.29, 1.82) is 0 Å². The number of amides is 1. The van der Waals surface area contributed by atoms with Crippen LogP contribution in [-0.4, -0.2) is 29.4 Å². The molecule has 0 rings (SSSR count). The Balaban J connectivity index is 3.60. The van der Waals surface area contributed by atoms with Gasteiger partial charge in [0.25, 0.3) is 0 Å². The fourth-order valence-corrected chi connectivity index (χ4v) is 0.754.